The molecule has 2 aromatic rings. The van der Waals surface area contributed by atoms with Crippen LogP contribution in [0.25, 0.3) is 0 Å². The second-order valence-corrected chi connectivity index (χ2v) is 5.78. The van der Waals surface area contributed by atoms with Gasteiger partial charge in [-0.05, 0) is 23.8 Å². The number of thioether (sulfide) groups is 1. The third-order valence-electron chi connectivity index (χ3n) is 2.78. The summed E-state index contributed by atoms with van der Waals surface area (Å²) in [6.07, 6.45) is 0. The Morgan fingerprint density at radius 2 is 1.75 bits per heavy atom. The summed E-state index contributed by atoms with van der Waals surface area (Å²) in [6, 6.07) is 17.1. The second kappa shape index (κ2) is 7.98. The van der Waals surface area contributed by atoms with Gasteiger partial charge in [-0.2, -0.15) is 11.8 Å². The zero-order valence-corrected chi connectivity index (χ0v) is 12.6. The van der Waals surface area contributed by atoms with Crippen LogP contribution in [-0.2, 0) is 5.75 Å². The van der Waals surface area contributed by atoms with Gasteiger partial charge >= 0.3 is 0 Å². The Balaban J connectivity index is 1.67. The Morgan fingerprint density at radius 3 is 2.50 bits per heavy atom. The fourth-order valence-corrected chi connectivity index (χ4v) is 2.87. The fraction of sp³-hybridized carbons (Fsp3) is 0.188. The largest absolute Gasteiger partial charge is 0.351 e. The number of benzene rings is 2. The topological polar surface area (TPSA) is 29.1 Å². The highest BCUT2D eigenvalue weighted by Gasteiger charge is 2.03. The summed E-state index contributed by atoms with van der Waals surface area (Å²) < 4.78 is 0. The first kappa shape index (κ1) is 14.9. The van der Waals surface area contributed by atoms with E-state index in [1.165, 1.54) is 0 Å². The number of rotatable bonds is 6. The first-order valence-electron chi connectivity index (χ1n) is 6.42. The number of carbonyl (C=O) groups excluding carboxylic acids is 1. The minimum absolute atomic E-state index is 0.0241. The maximum Gasteiger partial charge on any atom is 0.251 e. The minimum Gasteiger partial charge on any atom is -0.351 e. The van der Waals surface area contributed by atoms with E-state index >= 15 is 0 Å². The van der Waals surface area contributed by atoms with Crippen molar-refractivity contribution >= 4 is 29.3 Å². The molecule has 2 nitrogen and oxygen atoms in total. The van der Waals surface area contributed by atoms with Crippen LogP contribution in [0.4, 0.5) is 0 Å². The highest BCUT2D eigenvalue weighted by molar-refractivity contribution is 7.98. The molecule has 4 heteroatoms. The van der Waals surface area contributed by atoms with Crippen LogP contribution in [-0.4, -0.2) is 18.2 Å². The van der Waals surface area contributed by atoms with Gasteiger partial charge in [-0.15, -0.1) is 0 Å². The molecule has 0 heterocycles. The van der Waals surface area contributed by atoms with Gasteiger partial charge in [0.2, 0.25) is 0 Å². The molecule has 20 heavy (non-hydrogen) atoms. The smallest absolute Gasteiger partial charge is 0.251 e. The van der Waals surface area contributed by atoms with Crippen LogP contribution in [0.15, 0.2) is 54.6 Å². The maximum atomic E-state index is 11.8. The molecule has 0 radical (unpaired) electrons. The van der Waals surface area contributed by atoms with Crippen LogP contribution in [0.3, 0.4) is 0 Å². The van der Waals surface area contributed by atoms with Crippen molar-refractivity contribution in [2.45, 2.75) is 5.75 Å². The van der Waals surface area contributed by atoms with Crippen LogP contribution in [0.5, 0.6) is 0 Å². The monoisotopic (exact) mass is 305 g/mol. The average Bonchev–Trinajstić information content (AvgIpc) is 2.49. The Hall–Kier alpha value is -1.45. The molecule has 2 rings (SSSR count). The number of carbonyl (C=O) groups is 1. The highest BCUT2D eigenvalue weighted by Crippen LogP contribution is 2.20. The zero-order chi connectivity index (χ0) is 14.2. The molecule has 0 saturated carbocycles. The van der Waals surface area contributed by atoms with E-state index in [1.807, 2.05) is 54.6 Å². The maximum absolute atomic E-state index is 11.8. The molecule has 1 amide bonds. The molecule has 104 valence electrons. The van der Waals surface area contributed by atoms with Gasteiger partial charge < -0.3 is 5.32 Å². The lowest BCUT2D eigenvalue weighted by Gasteiger charge is -2.06. The summed E-state index contributed by atoms with van der Waals surface area (Å²) in [6.45, 7) is 0.656. The third kappa shape index (κ3) is 4.58. The minimum atomic E-state index is -0.0241. The molecule has 0 aliphatic carbocycles. The SMILES string of the molecule is O=C(NCCSCc1ccccc1Cl)c1ccccc1. The summed E-state index contributed by atoms with van der Waals surface area (Å²) in [5.74, 6) is 1.70. The quantitative estimate of drug-likeness (QED) is 0.817. The van der Waals surface area contributed by atoms with Gasteiger partial charge in [-0.1, -0.05) is 48.0 Å². The lowest BCUT2D eigenvalue weighted by Crippen LogP contribution is -2.25. The summed E-state index contributed by atoms with van der Waals surface area (Å²) in [5, 5.41) is 3.71. The molecule has 0 spiro atoms. The van der Waals surface area contributed by atoms with E-state index in [1.54, 1.807) is 11.8 Å². The molecular weight excluding hydrogens is 290 g/mol. The lowest BCUT2D eigenvalue weighted by atomic mass is 10.2. The van der Waals surface area contributed by atoms with Crippen LogP contribution in [0.2, 0.25) is 5.02 Å². The molecule has 0 aromatic heterocycles. The number of amides is 1. The van der Waals surface area contributed by atoms with E-state index < -0.39 is 0 Å². The number of halogens is 1. The van der Waals surface area contributed by atoms with E-state index in [0.29, 0.717) is 12.1 Å². The molecule has 0 bridgehead atoms. The fourth-order valence-electron chi connectivity index (χ4n) is 1.73. The summed E-state index contributed by atoms with van der Waals surface area (Å²) >= 11 is 7.84. The first-order chi connectivity index (χ1) is 9.77. The van der Waals surface area contributed by atoms with E-state index in [9.17, 15) is 4.79 Å². The Morgan fingerprint density at radius 1 is 1.05 bits per heavy atom. The molecule has 0 aliphatic rings. The van der Waals surface area contributed by atoms with Crippen molar-refractivity contribution in [2.24, 2.45) is 0 Å². The molecule has 2 aromatic carbocycles. The molecular formula is C16H16ClNOS. The van der Waals surface area contributed by atoms with Crippen molar-refractivity contribution in [3.63, 3.8) is 0 Å². The molecule has 0 aliphatic heterocycles. The predicted molar refractivity (Wildman–Crippen MR) is 86.4 cm³/mol. The number of nitrogens with one attached hydrogen (secondary N) is 1. The molecule has 1 N–H and O–H groups in total. The van der Waals surface area contributed by atoms with Gasteiger partial charge in [-0.25, -0.2) is 0 Å². The van der Waals surface area contributed by atoms with E-state index in [4.69, 9.17) is 11.6 Å². The summed E-state index contributed by atoms with van der Waals surface area (Å²) in [7, 11) is 0. The van der Waals surface area contributed by atoms with E-state index in [0.717, 1.165) is 22.1 Å². The third-order valence-corrected chi connectivity index (χ3v) is 4.16. The molecule has 0 atom stereocenters. The standard InChI is InChI=1S/C16H16ClNOS/c17-15-9-5-4-8-14(15)12-20-11-10-18-16(19)13-6-2-1-3-7-13/h1-9H,10-12H2,(H,18,19). The zero-order valence-electron chi connectivity index (χ0n) is 11.0. The van der Waals surface area contributed by atoms with Gasteiger partial charge in [0.05, 0.1) is 0 Å². The van der Waals surface area contributed by atoms with Crippen molar-refractivity contribution < 1.29 is 4.79 Å². The molecule has 0 saturated heterocycles. The van der Waals surface area contributed by atoms with Gasteiger partial charge in [0, 0.05) is 28.6 Å². The van der Waals surface area contributed by atoms with Gasteiger partial charge in [0.25, 0.3) is 5.91 Å². The van der Waals surface area contributed by atoms with Crippen LogP contribution >= 0.6 is 23.4 Å². The van der Waals surface area contributed by atoms with Crippen molar-refractivity contribution in [2.75, 3.05) is 12.3 Å². The lowest BCUT2D eigenvalue weighted by molar-refractivity contribution is 0.0956. The van der Waals surface area contributed by atoms with E-state index in [2.05, 4.69) is 5.32 Å². The van der Waals surface area contributed by atoms with Gasteiger partial charge in [0.1, 0.15) is 0 Å². The predicted octanol–water partition coefficient (Wildman–Crippen LogP) is 4.00. The Labute approximate surface area is 128 Å². The van der Waals surface area contributed by atoms with Crippen LogP contribution < -0.4 is 5.32 Å². The number of hydrogen-bond acceptors (Lipinski definition) is 2. The molecule has 0 fully saturated rings. The van der Waals surface area contributed by atoms with Gasteiger partial charge in [0.15, 0.2) is 0 Å². The van der Waals surface area contributed by atoms with Crippen LogP contribution in [0, 0.1) is 0 Å². The highest BCUT2D eigenvalue weighted by atomic mass is 35.5. The van der Waals surface area contributed by atoms with E-state index in [-0.39, 0.29) is 5.91 Å². The first-order valence-corrected chi connectivity index (χ1v) is 7.95. The molecule has 0 unspecified atom stereocenters. The van der Waals surface area contributed by atoms with Crippen LogP contribution in [0.1, 0.15) is 15.9 Å². The van der Waals surface area contributed by atoms with Crippen molar-refractivity contribution in [3.05, 3.63) is 70.7 Å². The second-order valence-electron chi connectivity index (χ2n) is 4.27. The summed E-state index contributed by atoms with van der Waals surface area (Å²) in [5.41, 5.74) is 1.83. The number of hydrogen-bond donors (Lipinski definition) is 1. The Kier molecular flexibility index (Phi) is 5.96. The summed E-state index contributed by atoms with van der Waals surface area (Å²) in [4.78, 5) is 11.8. The Bertz CT molecular complexity index is 559. The van der Waals surface area contributed by atoms with Gasteiger partial charge in [-0.3, -0.25) is 4.79 Å². The van der Waals surface area contributed by atoms with Crippen molar-refractivity contribution in [1.82, 2.24) is 5.32 Å². The normalized spacial score (nSPS) is 10.2. The van der Waals surface area contributed by atoms with Crippen molar-refractivity contribution in [1.29, 1.82) is 0 Å². The van der Waals surface area contributed by atoms with Crippen molar-refractivity contribution in [3.8, 4) is 0 Å². The average molecular weight is 306 g/mol.